The van der Waals surface area contributed by atoms with Crippen LogP contribution >= 0.6 is 0 Å². The third-order valence-corrected chi connectivity index (χ3v) is 5.14. The number of nitro groups is 1. The lowest BCUT2D eigenvalue weighted by molar-refractivity contribution is -0.384. The number of β-lactam (4-membered cyclic amide) rings is 1. The molecule has 3 atom stereocenters. The SMILES string of the molecule is CCC(OCOCCOC)C1C(=O)NC1CC(=O)C(=[N+]=[N-])C(=O)OCc1ccc([N+](=O)[O-])cc1. The first kappa shape index (κ1) is 26.7. The van der Waals surface area contributed by atoms with E-state index < -0.39 is 40.5 Å². The van der Waals surface area contributed by atoms with E-state index in [1.165, 1.54) is 31.4 Å². The molecule has 0 spiro atoms. The van der Waals surface area contributed by atoms with Crippen LogP contribution in [0.4, 0.5) is 5.69 Å². The van der Waals surface area contributed by atoms with Crippen molar-refractivity contribution in [1.82, 2.24) is 5.32 Å². The first-order valence-corrected chi connectivity index (χ1v) is 10.5. The molecular formula is C21H26N4O9. The molecular weight excluding hydrogens is 452 g/mol. The minimum atomic E-state index is -1.16. The van der Waals surface area contributed by atoms with Gasteiger partial charge in [0.15, 0.2) is 0 Å². The molecule has 1 aromatic carbocycles. The maximum atomic E-state index is 12.5. The fraction of sp³-hybridized carbons (Fsp3) is 0.524. The maximum absolute atomic E-state index is 12.5. The maximum Gasteiger partial charge on any atom is 0.441 e. The average Bonchev–Trinajstić information content (AvgIpc) is 2.82. The monoisotopic (exact) mass is 478 g/mol. The summed E-state index contributed by atoms with van der Waals surface area (Å²) >= 11 is 0. The molecule has 13 heteroatoms. The average molecular weight is 478 g/mol. The molecule has 13 nitrogen and oxygen atoms in total. The van der Waals surface area contributed by atoms with E-state index in [0.29, 0.717) is 25.2 Å². The number of nitrogens with one attached hydrogen (secondary N) is 1. The second-order valence-corrected chi connectivity index (χ2v) is 7.35. The van der Waals surface area contributed by atoms with E-state index in [-0.39, 0.29) is 31.4 Å². The van der Waals surface area contributed by atoms with Crippen molar-refractivity contribution in [2.75, 3.05) is 27.1 Å². The van der Waals surface area contributed by atoms with E-state index in [4.69, 9.17) is 18.9 Å². The van der Waals surface area contributed by atoms with Crippen LogP contribution in [0.5, 0.6) is 0 Å². The number of carbonyl (C=O) groups is 3. The molecule has 0 radical (unpaired) electrons. The second-order valence-electron chi connectivity index (χ2n) is 7.35. The Bertz CT molecular complexity index is 944. The minimum Gasteiger partial charge on any atom is -0.452 e. The number of hydrogen-bond donors (Lipinski definition) is 1. The zero-order valence-electron chi connectivity index (χ0n) is 18.8. The van der Waals surface area contributed by atoms with Crippen LogP contribution in [0.2, 0.25) is 0 Å². The van der Waals surface area contributed by atoms with E-state index in [1.54, 1.807) is 0 Å². The van der Waals surface area contributed by atoms with Crippen molar-refractivity contribution in [3.8, 4) is 0 Å². The lowest BCUT2D eigenvalue weighted by Crippen LogP contribution is -2.63. The van der Waals surface area contributed by atoms with Gasteiger partial charge in [-0.15, -0.1) is 0 Å². The molecule has 0 aliphatic carbocycles. The molecule has 1 aliphatic rings. The predicted octanol–water partition coefficient (Wildman–Crippen LogP) is 0.798. The summed E-state index contributed by atoms with van der Waals surface area (Å²) in [6, 6.07) is 4.64. The molecule has 1 aliphatic heterocycles. The van der Waals surface area contributed by atoms with Crippen molar-refractivity contribution in [3.63, 3.8) is 0 Å². The Morgan fingerprint density at radius 2 is 1.97 bits per heavy atom. The number of esters is 1. The van der Waals surface area contributed by atoms with Crippen molar-refractivity contribution in [3.05, 3.63) is 45.5 Å². The number of non-ortho nitro benzene ring substituents is 1. The number of benzene rings is 1. The fourth-order valence-electron chi connectivity index (χ4n) is 3.31. The van der Waals surface area contributed by atoms with Gasteiger partial charge in [-0.3, -0.25) is 19.7 Å². The van der Waals surface area contributed by atoms with Gasteiger partial charge in [0.05, 0.1) is 36.2 Å². The molecule has 0 saturated carbocycles. The summed E-state index contributed by atoms with van der Waals surface area (Å²) in [4.78, 5) is 49.7. The van der Waals surface area contributed by atoms with Crippen molar-refractivity contribution in [2.24, 2.45) is 5.92 Å². The van der Waals surface area contributed by atoms with Crippen LogP contribution in [-0.2, 0) is 39.9 Å². The molecule has 1 aromatic rings. The first-order chi connectivity index (χ1) is 16.3. The van der Waals surface area contributed by atoms with Gasteiger partial charge in [0.1, 0.15) is 13.4 Å². The summed E-state index contributed by atoms with van der Waals surface area (Å²) in [6.07, 6.45) is -0.334. The lowest BCUT2D eigenvalue weighted by atomic mass is 9.81. The van der Waals surface area contributed by atoms with E-state index in [1.807, 2.05) is 6.92 Å². The lowest BCUT2D eigenvalue weighted by Gasteiger charge is -2.40. The number of Topliss-reactive ketones (excluding diaryl/α,β-unsaturated/α-hetero) is 1. The Balaban J connectivity index is 1.90. The number of amides is 1. The third-order valence-electron chi connectivity index (χ3n) is 5.14. The summed E-state index contributed by atoms with van der Waals surface area (Å²) in [7, 11) is 1.54. The van der Waals surface area contributed by atoms with Gasteiger partial charge in [0, 0.05) is 25.7 Å². The number of ketones is 1. The van der Waals surface area contributed by atoms with E-state index in [0.717, 1.165) is 0 Å². The zero-order chi connectivity index (χ0) is 25.1. The van der Waals surface area contributed by atoms with Crippen LogP contribution < -0.4 is 5.32 Å². The van der Waals surface area contributed by atoms with Crippen LogP contribution in [0.25, 0.3) is 5.53 Å². The van der Waals surface area contributed by atoms with Crippen molar-refractivity contribution < 1.29 is 43.0 Å². The van der Waals surface area contributed by atoms with E-state index >= 15 is 0 Å². The highest BCUT2D eigenvalue weighted by Gasteiger charge is 2.47. The van der Waals surface area contributed by atoms with Crippen LogP contribution in [0.15, 0.2) is 24.3 Å². The van der Waals surface area contributed by atoms with Gasteiger partial charge in [-0.2, -0.15) is 4.79 Å². The Labute approximate surface area is 195 Å². The Hall–Kier alpha value is -3.51. The Morgan fingerprint density at radius 1 is 1.26 bits per heavy atom. The molecule has 1 fully saturated rings. The largest absolute Gasteiger partial charge is 0.452 e. The molecule has 3 unspecified atom stereocenters. The highest BCUT2D eigenvalue weighted by Crippen LogP contribution is 2.26. The summed E-state index contributed by atoms with van der Waals surface area (Å²) in [5.41, 5.74) is 8.66. The number of rotatable bonds is 15. The number of ether oxygens (including phenoxy) is 4. The van der Waals surface area contributed by atoms with Crippen LogP contribution in [-0.4, -0.2) is 72.3 Å². The molecule has 0 bridgehead atoms. The van der Waals surface area contributed by atoms with Crippen LogP contribution in [0, 0.1) is 16.0 Å². The standard InChI is InChI=1S/C21H26N4O9/c1-3-17(34-12-32-9-8-31-2)18-15(23-20(18)27)10-16(26)19(24-22)21(28)33-11-13-4-6-14(7-5-13)25(29)30/h4-7,15,17-18H,3,8-12H2,1-2H3,(H,23,27). The summed E-state index contributed by atoms with van der Waals surface area (Å²) in [5, 5.41) is 13.3. The Morgan fingerprint density at radius 3 is 2.53 bits per heavy atom. The van der Waals surface area contributed by atoms with Crippen molar-refractivity contribution in [2.45, 2.75) is 38.5 Å². The van der Waals surface area contributed by atoms with Gasteiger partial charge >= 0.3 is 11.7 Å². The van der Waals surface area contributed by atoms with Crippen molar-refractivity contribution >= 4 is 29.1 Å². The molecule has 1 amide bonds. The van der Waals surface area contributed by atoms with Gasteiger partial charge in [-0.05, 0) is 24.1 Å². The number of nitro benzene ring substituents is 1. The third kappa shape index (κ3) is 7.25. The van der Waals surface area contributed by atoms with Gasteiger partial charge in [-0.25, -0.2) is 4.79 Å². The highest BCUT2D eigenvalue weighted by atomic mass is 16.7. The van der Waals surface area contributed by atoms with E-state index in [2.05, 4.69) is 10.1 Å². The molecule has 34 heavy (non-hydrogen) atoms. The van der Waals surface area contributed by atoms with Crippen LogP contribution in [0.1, 0.15) is 25.3 Å². The number of nitrogens with zero attached hydrogens (tertiary/aromatic N) is 3. The summed E-state index contributed by atoms with van der Waals surface area (Å²) in [5.74, 6) is -2.93. The topological polar surface area (TPSA) is 180 Å². The van der Waals surface area contributed by atoms with Crippen molar-refractivity contribution in [1.29, 1.82) is 0 Å². The fourth-order valence-corrected chi connectivity index (χ4v) is 3.31. The second kappa shape index (κ2) is 13.3. The molecule has 1 N–H and O–H groups in total. The summed E-state index contributed by atoms with van der Waals surface area (Å²) < 4.78 is 20.7. The number of carbonyl (C=O) groups excluding carboxylic acids is 3. The quantitative estimate of drug-likeness (QED) is 0.0364. The van der Waals surface area contributed by atoms with Gasteiger partial charge in [0.2, 0.25) is 5.91 Å². The Kier molecular flexibility index (Phi) is 10.4. The predicted molar refractivity (Wildman–Crippen MR) is 114 cm³/mol. The highest BCUT2D eigenvalue weighted by molar-refractivity contribution is 6.62. The molecule has 1 saturated heterocycles. The molecule has 184 valence electrons. The molecule has 0 aromatic heterocycles. The van der Waals surface area contributed by atoms with Gasteiger partial charge in [-0.1, -0.05) is 6.92 Å². The first-order valence-electron chi connectivity index (χ1n) is 10.5. The number of hydrogen-bond acceptors (Lipinski definition) is 9. The van der Waals surface area contributed by atoms with E-state index in [9.17, 15) is 30.0 Å². The summed E-state index contributed by atoms with van der Waals surface area (Å²) in [6.45, 7) is 2.20. The zero-order valence-corrected chi connectivity index (χ0v) is 18.8. The van der Waals surface area contributed by atoms with Crippen LogP contribution in [0.3, 0.4) is 0 Å². The number of methoxy groups -OCH3 is 1. The van der Waals surface area contributed by atoms with Gasteiger partial charge in [0.25, 0.3) is 11.5 Å². The minimum absolute atomic E-state index is 0.0510. The molecule has 2 rings (SSSR count). The molecule has 1 heterocycles. The smallest absolute Gasteiger partial charge is 0.441 e. The normalized spacial score (nSPS) is 17.6. The van der Waals surface area contributed by atoms with Gasteiger partial charge < -0.3 is 29.8 Å².